The van der Waals surface area contributed by atoms with E-state index in [1.165, 1.54) is 83.6 Å². The van der Waals surface area contributed by atoms with Crippen LogP contribution in [0.4, 0.5) is 0 Å². The Kier molecular flexibility index (Phi) is 4.56. The molecule has 29 heavy (non-hydrogen) atoms. The number of hydrogen-bond donors (Lipinski definition) is 1. The van der Waals surface area contributed by atoms with Gasteiger partial charge in [0.1, 0.15) is 0 Å². The third-order valence-electron chi connectivity index (χ3n) is 10.9. The van der Waals surface area contributed by atoms with E-state index in [2.05, 4.69) is 26.1 Å². The lowest BCUT2D eigenvalue weighted by Crippen LogP contribution is -2.45. The molecule has 6 rings (SSSR count). The van der Waals surface area contributed by atoms with Gasteiger partial charge in [-0.3, -0.25) is 0 Å². The molecule has 0 aromatic carbocycles. The Morgan fingerprint density at radius 2 is 1.97 bits per heavy atom. The molecule has 0 aromatic rings. The van der Waals surface area contributed by atoms with Gasteiger partial charge in [0.25, 0.3) is 0 Å². The number of hydrogen-bond acceptors (Lipinski definition) is 2. The van der Waals surface area contributed by atoms with E-state index >= 15 is 0 Å². The van der Waals surface area contributed by atoms with Gasteiger partial charge >= 0.3 is 0 Å². The summed E-state index contributed by atoms with van der Waals surface area (Å²) in [6.45, 7) is 8.76. The molecule has 162 valence electrons. The van der Waals surface area contributed by atoms with Crippen molar-refractivity contribution in [2.75, 3.05) is 6.54 Å². The van der Waals surface area contributed by atoms with Crippen LogP contribution in [0.2, 0.25) is 0 Å². The molecule has 1 N–H and O–H groups in total. The monoisotopic (exact) mass is 397 g/mol. The molecule has 2 saturated heterocycles. The number of rotatable bonds is 0. The highest BCUT2D eigenvalue weighted by Gasteiger charge is 2.57. The van der Waals surface area contributed by atoms with Gasteiger partial charge in [0.2, 0.25) is 0 Å². The van der Waals surface area contributed by atoms with Crippen LogP contribution in [0.3, 0.4) is 0 Å². The first-order chi connectivity index (χ1) is 14.0. The average Bonchev–Trinajstić information content (AvgIpc) is 3.20. The predicted molar refractivity (Wildman–Crippen MR) is 119 cm³/mol. The molecular weight excluding hydrogens is 354 g/mol. The first-order valence-electron chi connectivity index (χ1n) is 13.1. The first kappa shape index (κ1) is 19.4. The normalized spacial score (nSPS) is 54.5. The molecule has 2 heterocycles. The van der Waals surface area contributed by atoms with Crippen LogP contribution in [0, 0.1) is 35.0 Å². The van der Waals surface area contributed by atoms with Crippen molar-refractivity contribution in [3.8, 4) is 0 Å². The molecule has 9 atom stereocenters. The minimum absolute atomic E-state index is 0.148. The summed E-state index contributed by atoms with van der Waals surface area (Å²) in [5, 5.41) is 3.83. The van der Waals surface area contributed by atoms with E-state index in [-0.39, 0.29) is 5.60 Å². The molecule has 4 aliphatic carbocycles. The largest absolute Gasteiger partial charge is 0.370 e. The average molecular weight is 398 g/mol. The van der Waals surface area contributed by atoms with Crippen molar-refractivity contribution >= 4 is 0 Å². The van der Waals surface area contributed by atoms with Crippen molar-refractivity contribution in [3.05, 3.63) is 11.1 Å². The fourth-order valence-electron chi connectivity index (χ4n) is 9.48. The summed E-state index contributed by atoms with van der Waals surface area (Å²) in [5.74, 6) is 4.65. The van der Waals surface area contributed by atoms with E-state index in [1.54, 1.807) is 5.57 Å². The molecule has 0 radical (unpaired) electrons. The van der Waals surface area contributed by atoms with E-state index in [0.717, 1.165) is 29.6 Å². The van der Waals surface area contributed by atoms with Crippen LogP contribution in [0.25, 0.3) is 0 Å². The maximum absolute atomic E-state index is 6.92. The lowest BCUT2D eigenvalue weighted by molar-refractivity contribution is -0.0641. The number of nitrogens with one attached hydrogen (secondary N) is 1. The van der Waals surface area contributed by atoms with Crippen LogP contribution in [0.1, 0.15) is 97.8 Å². The molecule has 3 saturated carbocycles. The molecule has 1 spiro atoms. The molecule has 0 bridgehead atoms. The minimum atomic E-state index is 0.148. The minimum Gasteiger partial charge on any atom is -0.370 e. The van der Waals surface area contributed by atoms with E-state index in [0.29, 0.717) is 17.6 Å². The lowest BCUT2D eigenvalue weighted by atomic mass is 9.52. The van der Waals surface area contributed by atoms with E-state index in [1.807, 2.05) is 5.57 Å². The summed E-state index contributed by atoms with van der Waals surface area (Å²) >= 11 is 0. The Morgan fingerprint density at radius 3 is 2.86 bits per heavy atom. The smallest absolute Gasteiger partial charge is 0.0740 e. The van der Waals surface area contributed by atoms with Gasteiger partial charge in [-0.2, -0.15) is 0 Å². The predicted octanol–water partition coefficient (Wildman–Crippen LogP) is 6.26. The maximum atomic E-state index is 6.92. The number of fused-ring (bicyclic) bond motifs is 6. The van der Waals surface area contributed by atoms with Gasteiger partial charge in [0, 0.05) is 6.04 Å². The number of ether oxygens (including phenoxy) is 1. The summed E-state index contributed by atoms with van der Waals surface area (Å²) in [6, 6.07) is 0.617. The van der Waals surface area contributed by atoms with E-state index < -0.39 is 0 Å². The van der Waals surface area contributed by atoms with Crippen molar-refractivity contribution in [2.24, 2.45) is 35.0 Å². The summed E-state index contributed by atoms with van der Waals surface area (Å²) in [6.07, 6.45) is 17.4. The molecule has 5 fully saturated rings. The topological polar surface area (TPSA) is 21.3 Å². The summed E-state index contributed by atoms with van der Waals surface area (Å²) in [4.78, 5) is 0. The maximum Gasteiger partial charge on any atom is 0.0740 e. The molecule has 2 nitrogen and oxygen atoms in total. The summed E-state index contributed by atoms with van der Waals surface area (Å²) in [5.41, 5.74) is 4.44. The van der Waals surface area contributed by atoms with Crippen LogP contribution in [-0.2, 0) is 4.74 Å². The van der Waals surface area contributed by atoms with Gasteiger partial charge in [0.05, 0.1) is 11.7 Å². The molecule has 2 heteroatoms. The summed E-state index contributed by atoms with van der Waals surface area (Å²) in [7, 11) is 0. The zero-order valence-electron chi connectivity index (χ0n) is 19.1. The second kappa shape index (κ2) is 6.83. The molecule has 2 aliphatic heterocycles. The van der Waals surface area contributed by atoms with Crippen molar-refractivity contribution in [1.29, 1.82) is 0 Å². The Labute approximate surface area is 178 Å². The van der Waals surface area contributed by atoms with Crippen LogP contribution in [0.5, 0.6) is 0 Å². The molecule has 0 amide bonds. The van der Waals surface area contributed by atoms with Crippen molar-refractivity contribution in [2.45, 2.75) is 116 Å². The van der Waals surface area contributed by atoms with Crippen molar-refractivity contribution < 1.29 is 4.74 Å². The van der Waals surface area contributed by atoms with Crippen LogP contribution in [0.15, 0.2) is 11.1 Å². The highest BCUT2D eigenvalue weighted by molar-refractivity contribution is 5.28. The van der Waals surface area contributed by atoms with Gasteiger partial charge in [0.15, 0.2) is 0 Å². The lowest BCUT2D eigenvalue weighted by Gasteiger charge is -2.52. The Morgan fingerprint density at radius 1 is 1.07 bits per heavy atom. The Bertz CT molecular complexity index is 699. The first-order valence-corrected chi connectivity index (χ1v) is 13.1. The molecule has 0 aromatic heterocycles. The highest BCUT2D eigenvalue weighted by Crippen LogP contribution is 2.64. The third kappa shape index (κ3) is 2.94. The summed E-state index contributed by atoms with van der Waals surface area (Å²) < 4.78 is 6.92. The van der Waals surface area contributed by atoms with Crippen molar-refractivity contribution in [3.63, 3.8) is 0 Å². The van der Waals surface area contributed by atoms with Gasteiger partial charge in [-0.15, -0.1) is 0 Å². The Balaban J connectivity index is 1.26. The van der Waals surface area contributed by atoms with E-state index in [9.17, 15) is 0 Å². The second-order valence-electron chi connectivity index (χ2n) is 12.5. The van der Waals surface area contributed by atoms with Crippen molar-refractivity contribution in [1.82, 2.24) is 5.32 Å². The van der Waals surface area contributed by atoms with E-state index in [4.69, 9.17) is 4.74 Å². The fourth-order valence-corrected chi connectivity index (χ4v) is 9.48. The fraction of sp³-hybridized carbons (Fsp3) is 0.926. The molecule has 6 aliphatic rings. The zero-order valence-corrected chi connectivity index (χ0v) is 19.1. The SMILES string of the molecule is CC1=C2CC3C(CC[C@@H]4CCCCC34C)C2CCC2(C1)C[C@@H]1NC[C@@H](C)CC1O2. The van der Waals surface area contributed by atoms with Gasteiger partial charge in [-0.25, -0.2) is 0 Å². The highest BCUT2D eigenvalue weighted by atomic mass is 16.5. The van der Waals surface area contributed by atoms with Crippen LogP contribution in [-0.4, -0.2) is 24.3 Å². The standard InChI is InChI=1S/C27H43NO/c1-17-12-25-24(28-16-17)15-27(29-25)11-9-20-21-8-7-19-6-4-5-10-26(19,3)23(21)13-22(20)18(2)14-27/h17,19-21,23-25,28H,4-16H2,1-3H3/t17-,19-,20?,21?,23?,24-,25?,26?,27?/m0/s1. The number of piperidine rings is 1. The Hall–Kier alpha value is -0.340. The molecular formula is C27H43NO. The zero-order chi connectivity index (χ0) is 19.8. The quantitative estimate of drug-likeness (QED) is 0.487. The molecule has 6 unspecified atom stereocenters. The van der Waals surface area contributed by atoms with Gasteiger partial charge < -0.3 is 10.1 Å². The van der Waals surface area contributed by atoms with Gasteiger partial charge in [-0.05, 0) is 113 Å². The third-order valence-corrected chi connectivity index (χ3v) is 10.9. The second-order valence-corrected chi connectivity index (χ2v) is 12.5. The van der Waals surface area contributed by atoms with Gasteiger partial charge in [-0.1, -0.05) is 37.8 Å². The number of allylic oxidation sites excluding steroid dienone is 1. The van der Waals surface area contributed by atoms with Crippen LogP contribution >= 0.6 is 0 Å². The van der Waals surface area contributed by atoms with Crippen LogP contribution < -0.4 is 5.32 Å².